The lowest BCUT2D eigenvalue weighted by Crippen LogP contribution is -2.36. The molecule has 2 aromatic rings. The molecule has 0 bridgehead atoms. The fraction of sp³-hybridized carbons (Fsp3) is 0.286. The monoisotopic (exact) mass is 325 g/mol. The quantitative estimate of drug-likeness (QED) is 0.923. The van der Waals surface area contributed by atoms with Crippen molar-refractivity contribution in [3.05, 3.63) is 45.5 Å². The summed E-state index contributed by atoms with van der Waals surface area (Å²) < 4.78 is 5.24. The number of methoxy groups -OCH3 is 1. The number of nitrogens with zero attached hydrogens (tertiary/aromatic N) is 2. The van der Waals surface area contributed by atoms with E-state index in [1.54, 1.807) is 23.4 Å². The molecule has 0 atom stereocenters. The van der Waals surface area contributed by atoms with Crippen LogP contribution in [0.4, 0.5) is 0 Å². The highest BCUT2D eigenvalue weighted by Gasteiger charge is 2.28. The molecule has 3 rings (SSSR count). The van der Waals surface area contributed by atoms with Gasteiger partial charge in [-0.15, -0.1) is 0 Å². The first-order chi connectivity index (χ1) is 10.1. The van der Waals surface area contributed by atoms with Crippen molar-refractivity contribution in [1.29, 1.82) is 0 Å². The van der Waals surface area contributed by atoms with Crippen molar-refractivity contribution in [2.45, 2.75) is 13.0 Å². The van der Waals surface area contributed by atoms with Crippen molar-refractivity contribution < 1.29 is 9.53 Å². The van der Waals surface area contributed by atoms with Crippen LogP contribution in [-0.2, 0) is 13.0 Å². The number of aromatic amines is 1. The maximum absolute atomic E-state index is 12.8. The number of nitrogens with one attached hydrogen (secondary N) is 1. The average molecular weight is 326 g/mol. The molecule has 5 nitrogen and oxygen atoms in total. The van der Waals surface area contributed by atoms with E-state index in [-0.39, 0.29) is 5.91 Å². The van der Waals surface area contributed by atoms with E-state index in [1.165, 1.54) is 7.11 Å². The minimum Gasteiger partial charge on any atom is -0.494 e. The lowest BCUT2D eigenvalue weighted by molar-refractivity contribution is 0.0728. The van der Waals surface area contributed by atoms with Crippen molar-refractivity contribution in [2.75, 3.05) is 13.7 Å². The van der Waals surface area contributed by atoms with Crippen LogP contribution in [0.3, 0.4) is 0 Å². The second kappa shape index (κ2) is 5.58. The first-order valence-electron chi connectivity index (χ1n) is 6.44. The molecule has 1 aliphatic rings. The van der Waals surface area contributed by atoms with Gasteiger partial charge in [-0.05, 0) is 12.1 Å². The predicted molar refractivity (Wildman–Crippen MR) is 80.0 cm³/mol. The molecule has 0 saturated carbocycles. The number of ether oxygens (including phenoxy) is 1. The molecule has 7 heteroatoms. The Labute approximate surface area is 131 Å². The number of rotatable bonds is 2. The molecule has 0 spiro atoms. The molecule has 0 radical (unpaired) electrons. The van der Waals surface area contributed by atoms with E-state index >= 15 is 0 Å². The standard InChI is InChI=1S/C14H13Cl2N3O2/c1-21-13-9(16)3-2-8(15)12(13)14(20)19-5-4-10-11(6-19)18-7-17-10/h2-3,7H,4-6H2,1H3,(H,17,18). The molecule has 1 aromatic heterocycles. The molecule has 1 aliphatic heterocycles. The van der Waals surface area contributed by atoms with Crippen LogP contribution in [0.15, 0.2) is 18.5 Å². The molecular formula is C14H13Cl2N3O2. The van der Waals surface area contributed by atoms with E-state index in [4.69, 9.17) is 27.9 Å². The second-order valence-electron chi connectivity index (χ2n) is 4.74. The lowest BCUT2D eigenvalue weighted by Gasteiger charge is -2.27. The summed E-state index contributed by atoms with van der Waals surface area (Å²) in [4.78, 5) is 21.7. The van der Waals surface area contributed by atoms with E-state index in [0.29, 0.717) is 40.9 Å². The number of hydrogen-bond donors (Lipinski definition) is 1. The Bertz CT molecular complexity index is 700. The molecule has 2 heterocycles. The predicted octanol–water partition coefficient (Wildman–Crippen LogP) is 2.92. The van der Waals surface area contributed by atoms with Gasteiger partial charge in [0.05, 0.1) is 41.4 Å². The molecule has 0 unspecified atom stereocenters. The van der Waals surface area contributed by atoms with Crippen LogP contribution in [0.1, 0.15) is 21.7 Å². The summed E-state index contributed by atoms with van der Waals surface area (Å²) in [6.07, 6.45) is 2.36. The third kappa shape index (κ3) is 2.47. The van der Waals surface area contributed by atoms with Crippen molar-refractivity contribution in [3.63, 3.8) is 0 Å². The molecule has 110 valence electrons. The van der Waals surface area contributed by atoms with Gasteiger partial charge in [-0.25, -0.2) is 4.98 Å². The third-order valence-corrected chi connectivity index (χ3v) is 4.15. The zero-order valence-electron chi connectivity index (χ0n) is 11.3. The summed E-state index contributed by atoms with van der Waals surface area (Å²) in [7, 11) is 1.47. The number of halogens is 2. The minimum absolute atomic E-state index is 0.195. The summed E-state index contributed by atoms with van der Waals surface area (Å²) in [5, 5.41) is 0.696. The van der Waals surface area contributed by atoms with E-state index in [0.717, 1.165) is 11.4 Å². The van der Waals surface area contributed by atoms with Crippen LogP contribution >= 0.6 is 23.2 Å². The Morgan fingerprint density at radius 1 is 1.38 bits per heavy atom. The highest BCUT2D eigenvalue weighted by Crippen LogP contribution is 2.35. The fourth-order valence-corrected chi connectivity index (χ4v) is 2.94. The van der Waals surface area contributed by atoms with Crippen LogP contribution in [0, 0.1) is 0 Å². The van der Waals surface area contributed by atoms with Gasteiger partial charge >= 0.3 is 0 Å². The van der Waals surface area contributed by atoms with Crippen molar-refractivity contribution >= 4 is 29.1 Å². The average Bonchev–Trinajstić information content (AvgIpc) is 2.96. The van der Waals surface area contributed by atoms with Gasteiger partial charge in [0.15, 0.2) is 5.75 Å². The van der Waals surface area contributed by atoms with Crippen molar-refractivity contribution in [3.8, 4) is 5.75 Å². The zero-order chi connectivity index (χ0) is 15.0. The molecule has 1 amide bonds. The van der Waals surface area contributed by atoms with E-state index < -0.39 is 0 Å². The SMILES string of the molecule is COc1c(Cl)ccc(Cl)c1C(=O)N1CCc2nc[nH]c2C1. The first kappa shape index (κ1) is 14.2. The highest BCUT2D eigenvalue weighted by molar-refractivity contribution is 6.37. The maximum atomic E-state index is 12.8. The van der Waals surface area contributed by atoms with E-state index in [1.807, 2.05) is 0 Å². The number of carbonyl (C=O) groups is 1. The van der Waals surface area contributed by atoms with Gasteiger partial charge in [-0.2, -0.15) is 0 Å². The van der Waals surface area contributed by atoms with Gasteiger partial charge in [-0.1, -0.05) is 23.2 Å². The highest BCUT2D eigenvalue weighted by atomic mass is 35.5. The third-order valence-electron chi connectivity index (χ3n) is 3.54. The normalized spacial score (nSPS) is 14.0. The van der Waals surface area contributed by atoms with Crippen molar-refractivity contribution in [2.24, 2.45) is 0 Å². The smallest absolute Gasteiger partial charge is 0.259 e. The molecule has 21 heavy (non-hydrogen) atoms. The number of benzene rings is 1. The minimum atomic E-state index is -0.195. The van der Waals surface area contributed by atoms with Gasteiger partial charge in [-0.3, -0.25) is 4.79 Å². The van der Waals surface area contributed by atoms with Gasteiger partial charge in [0.25, 0.3) is 5.91 Å². The molecular weight excluding hydrogens is 313 g/mol. The van der Waals surface area contributed by atoms with Gasteiger partial charge in [0.2, 0.25) is 0 Å². The summed E-state index contributed by atoms with van der Waals surface area (Å²) >= 11 is 12.2. The van der Waals surface area contributed by atoms with Crippen LogP contribution in [0.5, 0.6) is 5.75 Å². The van der Waals surface area contributed by atoms with Crippen LogP contribution in [0.2, 0.25) is 10.0 Å². The summed E-state index contributed by atoms with van der Waals surface area (Å²) in [5.74, 6) is 0.115. The number of aromatic nitrogens is 2. The second-order valence-corrected chi connectivity index (χ2v) is 5.56. The summed E-state index contributed by atoms with van der Waals surface area (Å²) in [6, 6.07) is 3.22. The van der Waals surface area contributed by atoms with E-state index in [2.05, 4.69) is 9.97 Å². The van der Waals surface area contributed by atoms with Crippen LogP contribution in [0.25, 0.3) is 0 Å². The largest absolute Gasteiger partial charge is 0.494 e. The topological polar surface area (TPSA) is 58.2 Å². The molecule has 0 fully saturated rings. The number of H-pyrrole nitrogens is 1. The Morgan fingerprint density at radius 2 is 2.14 bits per heavy atom. The fourth-order valence-electron chi connectivity index (χ4n) is 2.48. The Balaban J connectivity index is 1.95. The molecule has 0 aliphatic carbocycles. The Kier molecular flexibility index (Phi) is 3.78. The number of carbonyl (C=O) groups excluding carboxylic acids is 1. The van der Waals surface area contributed by atoms with Crippen LogP contribution in [-0.4, -0.2) is 34.4 Å². The zero-order valence-corrected chi connectivity index (χ0v) is 12.8. The number of amides is 1. The van der Waals surface area contributed by atoms with E-state index in [9.17, 15) is 4.79 Å². The van der Waals surface area contributed by atoms with Gasteiger partial charge in [0.1, 0.15) is 5.56 Å². The number of hydrogen-bond acceptors (Lipinski definition) is 3. The summed E-state index contributed by atoms with van der Waals surface area (Å²) in [6.45, 7) is 1.06. The Hall–Kier alpha value is -1.72. The first-order valence-corrected chi connectivity index (χ1v) is 7.19. The van der Waals surface area contributed by atoms with Crippen molar-refractivity contribution in [1.82, 2.24) is 14.9 Å². The van der Waals surface area contributed by atoms with Crippen LogP contribution < -0.4 is 4.74 Å². The van der Waals surface area contributed by atoms with Gasteiger partial charge < -0.3 is 14.6 Å². The molecule has 1 N–H and O–H groups in total. The Morgan fingerprint density at radius 3 is 2.90 bits per heavy atom. The number of fused-ring (bicyclic) bond motifs is 1. The van der Waals surface area contributed by atoms with Gasteiger partial charge in [0, 0.05) is 13.0 Å². The lowest BCUT2D eigenvalue weighted by atomic mass is 10.1. The molecule has 0 saturated heterocycles. The maximum Gasteiger partial charge on any atom is 0.259 e. The molecule has 1 aromatic carbocycles. The number of imidazole rings is 1. The summed E-state index contributed by atoms with van der Waals surface area (Å²) in [5.41, 5.74) is 2.25.